The van der Waals surface area contributed by atoms with Gasteiger partial charge in [-0.05, 0) is 0 Å². The Bertz CT molecular complexity index is 132. The summed E-state index contributed by atoms with van der Waals surface area (Å²) in [5.74, 6) is 0. The molecule has 0 saturated heterocycles. The predicted octanol–water partition coefficient (Wildman–Crippen LogP) is 1.87. The first-order valence-corrected chi connectivity index (χ1v) is 2.79. The van der Waals surface area contributed by atoms with E-state index in [0.29, 0.717) is 6.42 Å². The molecule has 0 aliphatic rings. The van der Waals surface area contributed by atoms with E-state index in [-0.39, 0.29) is 0 Å². The summed E-state index contributed by atoms with van der Waals surface area (Å²) in [4.78, 5) is 9.74. The van der Waals surface area contributed by atoms with Gasteiger partial charge in [0.2, 0.25) is 0 Å². The molecule has 48 valence electrons. The molecule has 0 rings (SSSR count). The maximum atomic E-state index is 9.74. The normalized spacial score (nSPS) is 10.7. The van der Waals surface area contributed by atoms with Crippen molar-refractivity contribution < 1.29 is 4.79 Å². The van der Waals surface area contributed by atoms with Crippen LogP contribution >= 0.6 is 0 Å². The van der Waals surface area contributed by atoms with Gasteiger partial charge < -0.3 is 4.79 Å². The fourth-order valence-corrected chi connectivity index (χ4v) is 0.355. The van der Waals surface area contributed by atoms with E-state index < -0.39 is 0 Å². The molecule has 0 amide bonds. The Morgan fingerprint density at radius 3 is 2.56 bits per heavy atom. The van der Waals surface area contributed by atoms with Crippen LogP contribution in [0, 0.1) is 0 Å². The molecular weight excluding hydrogens is 112 g/mol. The van der Waals surface area contributed by atoms with Crippen molar-refractivity contribution in [3.8, 4) is 0 Å². The lowest BCUT2D eigenvalue weighted by atomic mass is 10.4. The Morgan fingerprint density at radius 2 is 2.00 bits per heavy atom. The minimum Gasteiger partial charge on any atom is -0.303 e. The van der Waals surface area contributed by atoms with E-state index in [9.17, 15) is 4.79 Å². The van der Waals surface area contributed by atoms with Crippen LogP contribution in [0.5, 0.6) is 0 Å². The number of hydrogen-bond acceptors (Lipinski definition) is 1. The molecule has 0 N–H and O–H groups in total. The standard InChI is InChI=1S/C8H10O/c1-2-3-4-5-6-7-8-9/h2-6,8H,1,7H2/b4-3+,6-5+. The van der Waals surface area contributed by atoms with Gasteiger partial charge in [0.05, 0.1) is 0 Å². The number of aldehydes is 1. The van der Waals surface area contributed by atoms with Crippen LogP contribution in [0.4, 0.5) is 0 Å². The van der Waals surface area contributed by atoms with Gasteiger partial charge in [-0.2, -0.15) is 0 Å². The Hall–Kier alpha value is -1.11. The van der Waals surface area contributed by atoms with Crippen LogP contribution in [0.1, 0.15) is 6.42 Å². The van der Waals surface area contributed by atoms with Crippen molar-refractivity contribution >= 4 is 6.29 Å². The minimum absolute atomic E-state index is 0.488. The topological polar surface area (TPSA) is 17.1 Å². The van der Waals surface area contributed by atoms with Crippen LogP contribution in [0.2, 0.25) is 0 Å². The fourth-order valence-electron chi connectivity index (χ4n) is 0.355. The second kappa shape index (κ2) is 6.89. The van der Waals surface area contributed by atoms with Gasteiger partial charge in [-0.3, -0.25) is 0 Å². The number of carbonyl (C=O) groups excluding carboxylic acids is 1. The van der Waals surface area contributed by atoms with Crippen LogP contribution in [0.3, 0.4) is 0 Å². The molecule has 0 aliphatic carbocycles. The van der Waals surface area contributed by atoms with Crippen molar-refractivity contribution in [2.45, 2.75) is 6.42 Å². The van der Waals surface area contributed by atoms with Crippen molar-refractivity contribution in [2.75, 3.05) is 0 Å². The van der Waals surface area contributed by atoms with Crippen molar-refractivity contribution in [1.29, 1.82) is 0 Å². The summed E-state index contributed by atoms with van der Waals surface area (Å²) >= 11 is 0. The summed E-state index contributed by atoms with van der Waals surface area (Å²) in [6, 6.07) is 0. The smallest absolute Gasteiger partial charge is 0.123 e. The molecule has 0 spiro atoms. The first-order chi connectivity index (χ1) is 4.41. The van der Waals surface area contributed by atoms with Gasteiger partial charge in [-0.25, -0.2) is 0 Å². The first kappa shape index (κ1) is 7.89. The lowest BCUT2D eigenvalue weighted by Crippen LogP contribution is -1.62. The van der Waals surface area contributed by atoms with Crippen molar-refractivity contribution in [2.24, 2.45) is 0 Å². The molecule has 0 atom stereocenters. The zero-order valence-corrected chi connectivity index (χ0v) is 5.29. The van der Waals surface area contributed by atoms with Crippen molar-refractivity contribution in [1.82, 2.24) is 0 Å². The molecule has 0 aromatic rings. The van der Waals surface area contributed by atoms with Gasteiger partial charge in [0, 0.05) is 6.42 Å². The zero-order valence-electron chi connectivity index (χ0n) is 5.29. The summed E-state index contributed by atoms with van der Waals surface area (Å²) in [5, 5.41) is 0. The Balaban J connectivity index is 3.33. The molecule has 0 heterocycles. The predicted molar refractivity (Wildman–Crippen MR) is 39.2 cm³/mol. The molecule has 0 aliphatic heterocycles. The van der Waals surface area contributed by atoms with Gasteiger partial charge >= 0.3 is 0 Å². The maximum absolute atomic E-state index is 9.74. The van der Waals surface area contributed by atoms with Crippen LogP contribution in [-0.2, 0) is 4.79 Å². The van der Waals surface area contributed by atoms with Gasteiger partial charge in [-0.1, -0.05) is 37.0 Å². The van der Waals surface area contributed by atoms with E-state index in [1.165, 1.54) is 0 Å². The third-order valence-corrected chi connectivity index (χ3v) is 0.727. The average molecular weight is 122 g/mol. The molecule has 0 saturated carbocycles. The second-order valence-corrected chi connectivity index (χ2v) is 1.45. The zero-order chi connectivity index (χ0) is 6.95. The van der Waals surface area contributed by atoms with Crippen LogP contribution in [0.15, 0.2) is 37.0 Å². The summed E-state index contributed by atoms with van der Waals surface area (Å²) in [5.41, 5.74) is 0. The molecule has 0 aromatic carbocycles. The number of carbonyl (C=O) groups is 1. The highest BCUT2D eigenvalue weighted by atomic mass is 16.1. The fraction of sp³-hybridized carbons (Fsp3) is 0.125. The third-order valence-electron chi connectivity index (χ3n) is 0.727. The molecule has 1 nitrogen and oxygen atoms in total. The first-order valence-electron chi connectivity index (χ1n) is 2.79. The van der Waals surface area contributed by atoms with Crippen molar-refractivity contribution in [3.63, 3.8) is 0 Å². The number of rotatable bonds is 4. The molecule has 0 bridgehead atoms. The molecule has 0 unspecified atom stereocenters. The number of hydrogen-bond donors (Lipinski definition) is 0. The second-order valence-electron chi connectivity index (χ2n) is 1.45. The molecule has 1 heteroatoms. The molecular formula is C8H10O. The van der Waals surface area contributed by atoms with Crippen LogP contribution in [-0.4, -0.2) is 6.29 Å². The van der Waals surface area contributed by atoms with E-state index in [1.807, 2.05) is 12.2 Å². The minimum atomic E-state index is 0.488. The average Bonchev–Trinajstić information content (AvgIpc) is 1.89. The SMILES string of the molecule is C=C/C=C/C=C/CC=O. The quantitative estimate of drug-likeness (QED) is 0.411. The Kier molecular flexibility index (Phi) is 6.04. The van der Waals surface area contributed by atoms with Gasteiger partial charge in [0.25, 0.3) is 0 Å². The summed E-state index contributed by atoms with van der Waals surface area (Å²) < 4.78 is 0. The summed E-state index contributed by atoms with van der Waals surface area (Å²) in [6.07, 6.45) is 10.3. The van der Waals surface area contributed by atoms with Gasteiger partial charge in [0.1, 0.15) is 6.29 Å². The van der Waals surface area contributed by atoms with Crippen molar-refractivity contribution in [3.05, 3.63) is 37.0 Å². The Morgan fingerprint density at radius 1 is 1.22 bits per heavy atom. The lowest BCUT2D eigenvalue weighted by Gasteiger charge is -1.71. The highest BCUT2D eigenvalue weighted by molar-refractivity contribution is 5.52. The van der Waals surface area contributed by atoms with E-state index in [2.05, 4.69) is 6.58 Å². The van der Waals surface area contributed by atoms with Gasteiger partial charge in [-0.15, -0.1) is 0 Å². The van der Waals surface area contributed by atoms with Crippen LogP contribution < -0.4 is 0 Å². The van der Waals surface area contributed by atoms with Crippen LogP contribution in [0.25, 0.3) is 0 Å². The Labute approximate surface area is 55.4 Å². The van der Waals surface area contributed by atoms with Gasteiger partial charge in [0.15, 0.2) is 0 Å². The molecule has 9 heavy (non-hydrogen) atoms. The monoisotopic (exact) mass is 122 g/mol. The molecule has 0 radical (unpaired) electrons. The van der Waals surface area contributed by atoms with E-state index >= 15 is 0 Å². The summed E-state index contributed by atoms with van der Waals surface area (Å²) in [7, 11) is 0. The lowest BCUT2D eigenvalue weighted by molar-refractivity contribution is -0.107. The molecule has 0 aromatic heterocycles. The highest BCUT2D eigenvalue weighted by Crippen LogP contribution is 1.79. The third kappa shape index (κ3) is 6.89. The number of allylic oxidation sites excluding steroid dienone is 5. The van der Waals surface area contributed by atoms with E-state index in [0.717, 1.165) is 6.29 Å². The van der Waals surface area contributed by atoms with E-state index in [1.54, 1.807) is 18.2 Å². The van der Waals surface area contributed by atoms with E-state index in [4.69, 9.17) is 0 Å². The summed E-state index contributed by atoms with van der Waals surface area (Å²) in [6.45, 7) is 3.49. The highest BCUT2D eigenvalue weighted by Gasteiger charge is 1.66. The largest absolute Gasteiger partial charge is 0.303 e. The molecule has 0 fully saturated rings. The maximum Gasteiger partial charge on any atom is 0.123 e.